The Morgan fingerprint density at radius 1 is 1.50 bits per heavy atom. The van der Waals surface area contributed by atoms with E-state index in [0.717, 1.165) is 0 Å². The molecule has 0 saturated carbocycles. The highest BCUT2D eigenvalue weighted by Gasteiger charge is 2.15. The van der Waals surface area contributed by atoms with Crippen LogP contribution in [0.25, 0.3) is 0 Å². The molecule has 0 saturated heterocycles. The van der Waals surface area contributed by atoms with Crippen LogP contribution in [0.2, 0.25) is 0 Å². The van der Waals surface area contributed by atoms with Crippen molar-refractivity contribution in [1.29, 1.82) is 0 Å². The molecule has 0 heterocycles. The summed E-state index contributed by atoms with van der Waals surface area (Å²) in [5.41, 5.74) is 6.54. The largest absolute Gasteiger partial charge is 0.495 e. The summed E-state index contributed by atoms with van der Waals surface area (Å²) in [5, 5.41) is 12.0. The molecule has 5 heteroatoms. The van der Waals surface area contributed by atoms with E-state index in [4.69, 9.17) is 10.5 Å². The van der Waals surface area contributed by atoms with Gasteiger partial charge in [-0.05, 0) is 32.4 Å². The van der Waals surface area contributed by atoms with Crippen molar-refractivity contribution in [2.75, 3.05) is 12.8 Å². The molecule has 0 spiro atoms. The Bertz CT molecular complexity index is 419. The Morgan fingerprint density at radius 3 is 2.72 bits per heavy atom. The van der Waals surface area contributed by atoms with E-state index in [1.165, 1.54) is 7.11 Å². The van der Waals surface area contributed by atoms with Crippen molar-refractivity contribution in [3.05, 3.63) is 23.8 Å². The maximum Gasteiger partial charge on any atom is 0.253 e. The average molecular weight is 252 g/mol. The summed E-state index contributed by atoms with van der Waals surface area (Å²) in [5.74, 6) is 0.213. The number of carbonyl (C=O) groups is 1. The van der Waals surface area contributed by atoms with Gasteiger partial charge in [-0.15, -0.1) is 0 Å². The van der Waals surface area contributed by atoms with Gasteiger partial charge in [0.05, 0.1) is 24.5 Å². The van der Waals surface area contributed by atoms with E-state index in [9.17, 15) is 9.90 Å². The summed E-state index contributed by atoms with van der Waals surface area (Å²) in [6.45, 7) is 3.52. The molecule has 18 heavy (non-hydrogen) atoms. The fourth-order valence-electron chi connectivity index (χ4n) is 1.79. The van der Waals surface area contributed by atoms with E-state index < -0.39 is 6.10 Å². The monoisotopic (exact) mass is 252 g/mol. The third-order valence-corrected chi connectivity index (χ3v) is 2.60. The van der Waals surface area contributed by atoms with Crippen LogP contribution in [0.5, 0.6) is 5.75 Å². The molecule has 0 fully saturated rings. The molecule has 1 aromatic carbocycles. The van der Waals surface area contributed by atoms with Gasteiger partial charge in [0, 0.05) is 6.04 Å². The first-order valence-electron chi connectivity index (χ1n) is 5.87. The lowest BCUT2D eigenvalue weighted by Gasteiger charge is -2.16. The zero-order valence-electron chi connectivity index (χ0n) is 10.9. The van der Waals surface area contributed by atoms with Gasteiger partial charge in [0.2, 0.25) is 0 Å². The van der Waals surface area contributed by atoms with Gasteiger partial charge in [-0.3, -0.25) is 4.79 Å². The molecule has 4 N–H and O–H groups in total. The zero-order valence-corrected chi connectivity index (χ0v) is 10.9. The average Bonchev–Trinajstić information content (AvgIpc) is 2.27. The van der Waals surface area contributed by atoms with Crippen LogP contribution in [-0.4, -0.2) is 30.3 Å². The van der Waals surface area contributed by atoms with E-state index in [-0.39, 0.29) is 11.9 Å². The SMILES string of the molecule is COc1cccc(C(=O)NC(C)CC(C)O)c1N. The van der Waals surface area contributed by atoms with E-state index in [0.29, 0.717) is 23.4 Å². The van der Waals surface area contributed by atoms with E-state index in [1.807, 2.05) is 6.92 Å². The number of anilines is 1. The quantitative estimate of drug-likeness (QED) is 0.687. The number of hydrogen-bond acceptors (Lipinski definition) is 4. The number of benzene rings is 1. The van der Waals surface area contributed by atoms with Gasteiger partial charge < -0.3 is 20.9 Å². The maximum absolute atomic E-state index is 12.0. The third kappa shape index (κ3) is 3.63. The smallest absolute Gasteiger partial charge is 0.253 e. The number of hydrogen-bond donors (Lipinski definition) is 3. The predicted molar refractivity (Wildman–Crippen MR) is 70.6 cm³/mol. The highest BCUT2D eigenvalue weighted by molar-refractivity contribution is 6.00. The number of nitrogens with two attached hydrogens (primary N) is 1. The Hall–Kier alpha value is -1.75. The lowest BCUT2D eigenvalue weighted by Crippen LogP contribution is -2.35. The molecule has 1 rings (SSSR count). The first kappa shape index (κ1) is 14.3. The van der Waals surface area contributed by atoms with Crippen LogP contribution in [0.1, 0.15) is 30.6 Å². The Balaban J connectivity index is 2.78. The second-order valence-corrected chi connectivity index (χ2v) is 4.38. The molecular weight excluding hydrogens is 232 g/mol. The highest BCUT2D eigenvalue weighted by atomic mass is 16.5. The summed E-state index contributed by atoms with van der Waals surface area (Å²) in [4.78, 5) is 12.0. The molecule has 0 aliphatic rings. The van der Waals surface area contributed by atoms with Crippen LogP contribution < -0.4 is 15.8 Å². The Labute approximate surface area is 107 Å². The number of para-hydroxylation sites is 1. The van der Waals surface area contributed by atoms with Crippen molar-refractivity contribution in [2.45, 2.75) is 32.4 Å². The molecule has 0 aliphatic carbocycles. The fraction of sp³-hybridized carbons (Fsp3) is 0.462. The number of nitrogens with one attached hydrogen (secondary N) is 1. The molecule has 0 aliphatic heterocycles. The standard InChI is InChI=1S/C13H20N2O3/c1-8(7-9(2)16)15-13(17)10-5-4-6-11(18-3)12(10)14/h4-6,8-9,16H,7,14H2,1-3H3,(H,15,17). The van der Waals surface area contributed by atoms with Crippen LogP contribution in [-0.2, 0) is 0 Å². The number of aliphatic hydroxyl groups excluding tert-OH is 1. The van der Waals surface area contributed by atoms with Crippen LogP contribution in [0, 0.1) is 0 Å². The number of ether oxygens (including phenoxy) is 1. The minimum Gasteiger partial charge on any atom is -0.495 e. The molecule has 0 aromatic heterocycles. The molecule has 5 nitrogen and oxygen atoms in total. The summed E-state index contributed by atoms with van der Waals surface area (Å²) in [6, 6.07) is 4.93. The second-order valence-electron chi connectivity index (χ2n) is 4.38. The van der Waals surface area contributed by atoms with Gasteiger partial charge in [-0.1, -0.05) is 6.07 Å². The first-order chi connectivity index (χ1) is 8.45. The zero-order chi connectivity index (χ0) is 13.7. The van der Waals surface area contributed by atoms with Gasteiger partial charge in [-0.2, -0.15) is 0 Å². The van der Waals surface area contributed by atoms with Gasteiger partial charge in [-0.25, -0.2) is 0 Å². The van der Waals surface area contributed by atoms with Crippen LogP contribution in [0.4, 0.5) is 5.69 Å². The summed E-state index contributed by atoms with van der Waals surface area (Å²) >= 11 is 0. The number of aliphatic hydroxyl groups is 1. The second kappa shape index (κ2) is 6.26. The minimum atomic E-state index is -0.456. The van der Waals surface area contributed by atoms with Crippen molar-refractivity contribution in [3.63, 3.8) is 0 Å². The van der Waals surface area contributed by atoms with E-state index in [1.54, 1.807) is 25.1 Å². The number of amides is 1. The van der Waals surface area contributed by atoms with Crippen molar-refractivity contribution in [3.8, 4) is 5.75 Å². The Kier molecular flexibility index (Phi) is 4.97. The molecule has 100 valence electrons. The molecule has 2 atom stereocenters. The van der Waals surface area contributed by atoms with Crippen molar-refractivity contribution >= 4 is 11.6 Å². The predicted octanol–water partition coefficient (Wildman–Crippen LogP) is 1.17. The van der Waals surface area contributed by atoms with E-state index in [2.05, 4.69) is 5.32 Å². The van der Waals surface area contributed by atoms with Gasteiger partial charge >= 0.3 is 0 Å². The van der Waals surface area contributed by atoms with E-state index >= 15 is 0 Å². The van der Waals surface area contributed by atoms with Crippen LogP contribution in [0.3, 0.4) is 0 Å². The first-order valence-corrected chi connectivity index (χ1v) is 5.87. The van der Waals surface area contributed by atoms with Gasteiger partial charge in [0.15, 0.2) is 0 Å². The minimum absolute atomic E-state index is 0.122. The van der Waals surface area contributed by atoms with Crippen molar-refractivity contribution in [2.24, 2.45) is 0 Å². The topological polar surface area (TPSA) is 84.6 Å². The van der Waals surface area contributed by atoms with Gasteiger partial charge in [0.25, 0.3) is 5.91 Å². The molecule has 2 unspecified atom stereocenters. The molecule has 1 aromatic rings. The normalized spacial score (nSPS) is 13.8. The number of rotatable bonds is 5. The Morgan fingerprint density at radius 2 is 2.17 bits per heavy atom. The fourth-order valence-corrected chi connectivity index (χ4v) is 1.79. The molecule has 0 radical (unpaired) electrons. The summed E-state index contributed by atoms with van der Waals surface area (Å²) < 4.78 is 5.06. The molecular formula is C13H20N2O3. The number of nitrogen functional groups attached to an aromatic ring is 1. The summed E-state index contributed by atoms with van der Waals surface area (Å²) in [7, 11) is 1.50. The number of methoxy groups -OCH3 is 1. The lowest BCUT2D eigenvalue weighted by molar-refractivity contribution is 0.0923. The highest BCUT2D eigenvalue weighted by Crippen LogP contribution is 2.24. The van der Waals surface area contributed by atoms with Crippen LogP contribution in [0.15, 0.2) is 18.2 Å². The maximum atomic E-state index is 12.0. The molecule has 0 bridgehead atoms. The summed E-state index contributed by atoms with van der Waals surface area (Å²) in [6.07, 6.45) is 0.0401. The number of carbonyl (C=O) groups excluding carboxylic acids is 1. The van der Waals surface area contributed by atoms with Crippen LogP contribution >= 0.6 is 0 Å². The third-order valence-electron chi connectivity index (χ3n) is 2.60. The van der Waals surface area contributed by atoms with Crippen molar-refractivity contribution < 1.29 is 14.6 Å². The lowest BCUT2D eigenvalue weighted by atomic mass is 10.1. The van der Waals surface area contributed by atoms with Gasteiger partial charge in [0.1, 0.15) is 5.75 Å². The van der Waals surface area contributed by atoms with Crippen molar-refractivity contribution in [1.82, 2.24) is 5.32 Å². The molecule has 1 amide bonds.